The van der Waals surface area contributed by atoms with Crippen molar-refractivity contribution in [3.05, 3.63) is 35.9 Å². The third-order valence-corrected chi connectivity index (χ3v) is 3.28. The van der Waals surface area contributed by atoms with Crippen LogP contribution in [0.25, 0.3) is 0 Å². The molecule has 0 N–H and O–H groups in total. The summed E-state index contributed by atoms with van der Waals surface area (Å²) >= 11 is 0. The minimum absolute atomic E-state index is 0.287. The van der Waals surface area contributed by atoms with Crippen molar-refractivity contribution in [2.75, 3.05) is 0 Å². The van der Waals surface area contributed by atoms with Crippen molar-refractivity contribution in [1.82, 2.24) is 0 Å². The Morgan fingerprint density at radius 3 is 2.13 bits per heavy atom. The third kappa shape index (κ3) is 2.68. The van der Waals surface area contributed by atoms with Crippen LogP contribution >= 0.6 is 0 Å². The zero-order valence-electron chi connectivity index (χ0n) is 9.11. The highest BCUT2D eigenvalue weighted by Gasteiger charge is 2.20. The van der Waals surface area contributed by atoms with Gasteiger partial charge in [0.1, 0.15) is 0 Å². The molecule has 1 aromatic rings. The summed E-state index contributed by atoms with van der Waals surface area (Å²) in [5.41, 5.74) is 0.893. The SMILES string of the molecule is O=C(c1ccccc1)C1CCCCCC1. The summed E-state index contributed by atoms with van der Waals surface area (Å²) in [7, 11) is 0. The zero-order chi connectivity index (χ0) is 10.5. The molecular weight excluding hydrogens is 184 g/mol. The molecule has 80 valence electrons. The van der Waals surface area contributed by atoms with Crippen molar-refractivity contribution in [2.45, 2.75) is 38.5 Å². The molecule has 0 bridgehead atoms. The van der Waals surface area contributed by atoms with Crippen LogP contribution in [0.5, 0.6) is 0 Å². The fourth-order valence-corrected chi connectivity index (χ4v) is 2.38. The molecule has 0 heterocycles. The van der Waals surface area contributed by atoms with Gasteiger partial charge in [0, 0.05) is 11.5 Å². The Morgan fingerprint density at radius 2 is 1.53 bits per heavy atom. The second-order valence-electron chi connectivity index (χ2n) is 4.42. The Kier molecular flexibility index (Phi) is 3.54. The van der Waals surface area contributed by atoms with Gasteiger partial charge in [0.05, 0.1) is 0 Å². The van der Waals surface area contributed by atoms with Crippen LogP contribution in [0.3, 0.4) is 0 Å². The van der Waals surface area contributed by atoms with Gasteiger partial charge < -0.3 is 0 Å². The molecule has 0 radical (unpaired) electrons. The molecule has 1 saturated carbocycles. The first-order valence-electron chi connectivity index (χ1n) is 5.97. The molecule has 1 aliphatic carbocycles. The summed E-state index contributed by atoms with van der Waals surface area (Å²) in [6.45, 7) is 0. The molecular formula is C14H18O. The normalized spacial score (nSPS) is 18.4. The standard InChI is InChI=1S/C14H18O/c15-14(13-10-6-3-7-11-13)12-8-4-1-2-5-9-12/h3,6-7,10-12H,1-2,4-5,8-9H2. The quantitative estimate of drug-likeness (QED) is 0.526. The van der Waals surface area contributed by atoms with Gasteiger partial charge in [-0.15, -0.1) is 0 Å². The summed E-state index contributed by atoms with van der Waals surface area (Å²) < 4.78 is 0. The van der Waals surface area contributed by atoms with Gasteiger partial charge >= 0.3 is 0 Å². The van der Waals surface area contributed by atoms with Crippen molar-refractivity contribution in [2.24, 2.45) is 5.92 Å². The van der Waals surface area contributed by atoms with E-state index in [0.717, 1.165) is 18.4 Å². The smallest absolute Gasteiger partial charge is 0.165 e. The monoisotopic (exact) mass is 202 g/mol. The second kappa shape index (κ2) is 5.11. The maximum Gasteiger partial charge on any atom is 0.165 e. The highest BCUT2D eigenvalue weighted by molar-refractivity contribution is 5.97. The topological polar surface area (TPSA) is 17.1 Å². The number of ketones is 1. The fourth-order valence-electron chi connectivity index (χ4n) is 2.38. The molecule has 0 saturated heterocycles. The second-order valence-corrected chi connectivity index (χ2v) is 4.42. The molecule has 15 heavy (non-hydrogen) atoms. The average Bonchev–Trinajstić information content (AvgIpc) is 2.58. The number of carbonyl (C=O) groups excluding carboxylic acids is 1. The summed E-state index contributed by atoms with van der Waals surface area (Å²) in [4.78, 5) is 12.2. The lowest BCUT2D eigenvalue weighted by molar-refractivity contribution is 0.0908. The average molecular weight is 202 g/mol. The molecule has 1 aliphatic rings. The van der Waals surface area contributed by atoms with Gasteiger partial charge in [-0.2, -0.15) is 0 Å². The lowest BCUT2D eigenvalue weighted by Crippen LogP contribution is -2.13. The number of rotatable bonds is 2. The third-order valence-electron chi connectivity index (χ3n) is 3.28. The van der Waals surface area contributed by atoms with Crippen molar-refractivity contribution in [3.8, 4) is 0 Å². The lowest BCUT2D eigenvalue weighted by Gasteiger charge is -2.12. The van der Waals surface area contributed by atoms with E-state index in [4.69, 9.17) is 0 Å². The number of Topliss-reactive ketones (excluding diaryl/α,β-unsaturated/α-hetero) is 1. The molecule has 1 heteroatoms. The zero-order valence-corrected chi connectivity index (χ0v) is 9.11. The minimum atomic E-state index is 0.287. The summed E-state index contributed by atoms with van der Waals surface area (Å²) in [6.07, 6.45) is 7.24. The first kappa shape index (κ1) is 10.4. The lowest BCUT2D eigenvalue weighted by atomic mass is 9.91. The van der Waals surface area contributed by atoms with Gasteiger partial charge in [-0.25, -0.2) is 0 Å². The molecule has 0 aliphatic heterocycles. The number of hydrogen-bond donors (Lipinski definition) is 0. The summed E-state index contributed by atoms with van der Waals surface area (Å²) in [6, 6.07) is 9.73. The van der Waals surface area contributed by atoms with E-state index < -0.39 is 0 Å². The van der Waals surface area contributed by atoms with E-state index in [1.54, 1.807) is 0 Å². The van der Waals surface area contributed by atoms with Crippen LogP contribution in [0.1, 0.15) is 48.9 Å². The Labute approximate surface area is 91.5 Å². The van der Waals surface area contributed by atoms with E-state index in [9.17, 15) is 4.79 Å². The Hall–Kier alpha value is -1.11. The summed E-state index contributed by atoms with van der Waals surface area (Å²) in [5.74, 6) is 0.646. The maximum absolute atomic E-state index is 12.2. The minimum Gasteiger partial charge on any atom is -0.294 e. The highest BCUT2D eigenvalue weighted by atomic mass is 16.1. The van der Waals surface area contributed by atoms with Crippen molar-refractivity contribution >= 4 is 5.78 Å². The van der Waals surface area contributed by atoms with Gasteiger partial charge in [0.25, 0.3) is 0 Å². The van der Waals surface area contributed by atoms with Crippen LogP contribution in [-0.4, -0.2) is 5.78 Å². The van der Waals surface area contributed by atoms with Crippen molar-refractivity contribution in [3.63, 3.8) is 0 Å². The largest absolute Gasteiger partial charge is 0.294 e. The van der Waals surface area contributed by atoms with E-state index in [-0.39, 0.29) is 5.92 Å². The van der Waals surface area contributed by atoms with Gasteiger partial charge in [0.2, 0.25) is 0 Å². The van der Waals surface area contributed by atoms with Crippen LogP contribution in [0, 0.1) is 5.92 Å². The van der Waals surface area contributed by atoms with Crippen LogP contribution in [0.15, 0.2) is 30.3 Å². The predicted octanol–water partition coefficient (Wildman–Crippen LogP) is 3.84. The van der Waals surface area contributed by atoms with Crippen LogP contribution in [0.2, 0.25) is 0 Å². The molecule has 1 fully saturated rings. The first-order valence-corrected chi connectivity index (χ1v) is 5.97. The Balaban J connectivity index is 2.06. The molecule has 1 nitrogen and oxygen atoms in total. The molecule has 2 rings (SSSR count). The van der Waals surface area contributed by atoms with Crippen LogP contribution in [-0.2, 0) is 0 Å². The molecule has 0 aromatic heterocycles. The highest BCUT2D eigenvalue weighted by Crippen LogP contribution is 2.25. The Morgan fingerprint density at radius 1 is 0.933 bits per heavy atom. The van der Waals surface area contributed by atoms with Crippen LogP contribution < -0.4 is 0 Å². The van der Waals surface area contributed by atoms with E-state index >= 15 is 0 Å². The van der Waals surface area contributed by atoms with Gasteiger partial charge in [-0.1, -0.05) is 56.0 Å². The van der Waals surface area contributed by atoms with E-state index in [1.165, 1.54) is 25.7 Å². The molecule has 1 aromatic carbocycles. The Bertz CT molecular complexity index is 307. The number of benzene rings is 1. The molecule has 0 amide bonds. The van der Waals surface area contributed by atoms with E-state index in [1.807, 2.05) is 30.3 Å². The van der Waals surface area contributed by atoms with E-state index in [0.29, 0.717) is 5.78 Å². The van der Waals surface area contributed by atoms with Gasteiger partial charge in [0.15, 0.2) is 5.78 Å². The number of hydrogen-bond acceptors (Lipinski definition) is 1. The first-order chi connectivity index (χ1) is 7.38. The van der Waals surface area contributed by atoms with Gasteiger partial charge in [-0.05, 0) is 12.8 Å². The molecule has 0 atom stereocenters. The fraction of sp³-hybridized carbons (Fsp3) is 0.500. The van der Waals surface area contributed by atoms with Crippen LogP contribution in [0.4, 0.5) is 0 Å². The maximum atomic E-state index is 12.2. The molecule has 0 spiro atoms. The predicted molar refractivity (Wildman–Crippen MR) is 62.0 cm³/mol. The van der Waals surface area contributed by atoms with E-state index in [2.05, 4.69) is 0 Å². The summed E-state index contributed by atoms with van der Waals surface area (Å²) in [5, 5.41) is 0. The van der Waals surface area contributed by atoms with Crippen molar-refractivity contribution in [1.29, 1.82) is 0 Å². The van der Waals surface area contributed by atoms with Gasteiger partial charge in [-0.3, -0.25) is 4.79 Å². The van der Waals surface area contributed by atoms with Crippen molar-refractivity contribution < 1.29 is 4.79 Å². The molecule has 0 unspecified atom stereocenters. The number of carbonyl (C=O) groups is 1.